The molecule has 0 unspecified atom stereocenters. The zero-order chi connectivity index (χ0) is 8.81. The van der Waals surface area contributed by atoms with Gasteiger partial charge < -0.3 is 4.84 Å². The highest BCUT2D eigenvalue weighted by Crippen LogP contribution is 1.94. The normalized spacial score (nSPS) is 9.08. The summed E-state index contributed by atoms with van der Waals surface area (Å²) in [6, 6.07) is 1.67. The van der Waals surface area contributed by atoms with Gasteiger partial charge >= 0.3 is 5.97 Å². The minimum Gasteiger partial charge on any atom is -0.341 e. The molecule has 0 saturated carbocycles. The Balaban J connectivity index is 2.38. The molecule has 0 aliphatic carbocycles. The summed E-state index contributed by atoms with van der Waals surface area (Å²) in [7, 11) is 0. The molecule has 0 spiro atoms. The highest BCUT2D eigenvalue weighted by atomic mass is 16.7. The van der Waals surface area contributed by atoms with Gasteiger partial charge in [-0.1, -0.05) is 6.92 Å². The van der Waals surface area contributed by atoms with Crippen molar-refractivity contribution in [2.45, 2.75) is 13.3 Å². The van der Waals surface area contributed by atoms with E-state index in [1.807, 2.05) is 0 Å². The first kappa shape index (κ1) is 8.45. The number of carbonyl (C=O) groups is 1. The Morgan fingerprint density at radius 3 is 2.83 bits per heavy atom. The summed E-state index contributed by atoms with van der Waals surface area (Å²) in [5, 5.41) is 0. The van der Waals surface area contributed by atoms with Crippen molar-refractivity contribution in [2.75, 3.05) is 5.48 Å². The van der Waals surface area contributed by atoms with Gasteiger partial charge in [0.15, 0.2) is 0 Å². The average molecular weight is 167 g/mol. The van der Waals surface area contributed by atoms with Gasteiger partial charge in [0.1, 0.15) is 0 Å². The second-order valence-corrected chi connectivity index (χ2v) is 2.00. The molecule has 0 fully saturated rings. The number of anilines is 1. The zero-order valence-corrected chi connectivity index (χ0v) is 6.65. The molecule has 1 N–H and O–H groups in total. The largest absolute Gasteiger partial charge is 0.341 e. The van der Waals surface area contributed by atoms with E-state index >= 15 is 0 Å². The number of hydrogen-bond acceptors (Lipinski definition) is 5. The molecule has 0 aromatic carbocycles. The molecule has 5 heteroatoms. The van der Waals surface area contributed by atoms with Crippen LogP contribution in [-0.4, -0.2) is 15.9 Å². The lowest BCUT2D eigenvalue weighted by Crippen LogP contribution is -2.10. The first-order valence-corrected chi connectivity index (χ1v) is 3.55. The molecule has 1 rings (SSSR count). The fourth-order valence-corrected chi connectivity index (χ4v) is 0.527. The van der Waals surface area contributed by atoms with E-state index in [9.17, 15) is 4.79 Å². The van der Waals surface area contributed by atoms with Crippen molar-refractivity contribution in [1.82, 2.24) is 9.97 Å². The molecule has 0 bridgehead atoms. The fraction of sp³-hybridized carbons (Fsp3) is 0.286. The van der Waals surface area contributed by atoms with Crippen LogP contribution in [0, 0.1) is 0 Å². The summed E-state index contributed by atoms with van der Waals surface area (Å²) in [5.41, 5.74) is 2.32. The molecular weight excluding hydrogens is 158 g/mol. The number of rotatable bonds is 3. The van der Waals surface area contributed by atoms with Gasteiger partial charge in [-0.15, -0.1) is 0 Å². The Kier molecular flexibility index (Phi) is 3.01. The Labute approximate surface area is 69.7 Å². The molecule has 0 aliphatic heterocycles. The lowest BCUT2D eigenvalue weighted by molar-refractivity contribution is -0.140. The highest BCUT2D eigenvalue weighted by Gasteiger charge is 1.98. The lowest BCUT2D eigenvalue weighted by Gasteiger charge is -2.01. The van der Waals surface area contributed by atoms with E-state index in [1.165, 1.54) is 0 Å². The number of hydrogen-bond donors (Lipinski definition) is 1. The summed E-state index contributed by atoms with van der Waals surface area (Å²) in [6.45, 7) is 1.70. The van der Waals surface area contributed by atoms with E-state index in [0.29, 0.717) is 6.42 Å². The zero-order valence-electron chi connectivity index (χ0n) is 6.65. The second kappa shape index (κ2) is 4.27. The molecule has 0 radical (unpaired) electrons. The maximum Gasteiger partial charge on any atom is 0.331 e. The van der Waals surface area contributed by atoms with Crippen LogP contribution in [0.3, 0.4) is 0 Å². The van der Waals surface area contributed by atoms with Crippen LogP contribution in [0.15, 0.2) is 18.5 Å². The SMILES string of the molecule is CCC(=O)ONc1ncccn1. The van der Waals surface area contributed by atoms with Gasteiger partial charge in [0.25, 0.3) is 5.95 Å². The van der Waals surface area contributed by atoms with E-state index in [1.54, 1.807) is 25.4 Å². The fourth-order valence-electron chi connectivity index (χ4n) is 0.527. The van der Waals surface area contributed by atoms with E-state index in [2.05, 4.69) is 20.3 Å². The van der Waals surface area contributed by atoms with E-state index < -0.39 is 0 Å². The van der Waals surface area contributed by atoms with Crippen LogP contribution in [0.4, 0.5) is 5.95 Å². The first-order valence-electron chi connectivity index (χ1n) is 3.55. The number of aromatic nitrogens is 2. The van der Waals surface area contributed by atoms with Gasteiger partial charge in [-0.05, 0) is 6.07 Å². The third-order valence-electron chi connectivity index (χ3n) is 1.11. The van der Waals surface area contributed by atoms with Gasteiger partial charge in [0.2, 0.25) is 0 Å². The number of nitrogens with one attached hydrogen (secondary N) is 1. The van der Waals surface area contributed by atoms with Crippen LogP contribution >= 0.6 is 0 Å². The van der Waals surface area contributed by atoms with Crippen molar-refractivity contribution in [3.8, 4) is 0 Å². The predicted octanol–water partition coefficient (Wildman–Crippen LogP) is 0.757. The minimum atomic E-state index is -0.345. The smallest absolute Gasteiger partial charge is 0.331 e. The first-order chi connectivity index (χ1) is 5.83. The third kappa shape index (κ3) is 2.53. The molecule has 5 nitrogen and oxygen atoms in total. The topological polar surface area (TPSA) is 64.1 Å². The van der Waals surface area contributed by atoms with Gasteiger partial charge in [0.05, 0.1) is 0 Å². The summed E-state index contributed by atoms with van der Waals surface area (Å²) < 4.78 is 0. The van der Waals surface area contributed by atoms with Gasteiger partial charge in [-0.3, -0.25) is 0 Å². The van der Waals surface area contributed by atoms with Crippen LogP contribution in [0.5, 0.6) is 0 Å². The molecule has 0 atom stereocenters. The van der Waals surface area contributed by atoms with Gasteiger partial charge in [0, 0.05) is 18.8 Å². The molecule has 1 aromatic rings. The molecule has 1 heterocycles. The van der Waals surface area contributed by atoms with Crippen LogP contribution in [-0.2, 0) is 9.63 Å². The number of nitrogens with zero attached hydrogens (tertiary/aromatic N) is 2. The lowest BCUT2D eigenvalue weighted by atomic mass is 10.5. The highest BCUT2D eigenvalue weighted by molar-refractivity contribution is 5.69. The van der Waals surface area contributed by atoms with Crippen molar-refractivity contribution >= 4 is 11.9 Å². The molecular formula is C7H9N3O2. The molecule has 1 aromatic heterocycles. The summed E-state index contributed by atoms with van der Waals surface area (Å²) >= 11 is 0. The van der Waals surface area contributed by atoms with Gasteiger partial charge in [-0.2, -0.15) is 5.48 Å². The van der Waals surface area contributed by atoms with Crippen molar-refractivity contribution in [3.63, 3.8) is 0 Å². The van der Waals surface area contributed by atoms with E-state index in [4.69, 9.17) is 0 Å². The quantitative estimate of drug-likeness (QED) is 0.673. The Bertz CT molecular complexity index is 250. The predicted molar refractivity (Wildman–Crippen MR) is 42.0 cm³/mol. The Morgan fingerprint density at radius 2 is 2.25 bits per heavy atom. The molecule has 0 aliphatic rings. The monoisotopic (exact) mass is 167 g/mol. The maximum absolute atomic E-state index is 10.6. The number of carbonyl (C=O) groups excluding carboxylic acids is 1. The van der Waals surface area contributed by atoms with Crippen molar-refractivity contribution in [3.05, 3.63) is 18.5 Å². The minimum absolute atomic E-state index is 0.277. The van der Waals surface area contributed by atoms with Gasteiger partial charge in [-0.25, -0.2) is 14.8 Å². The maximum atomic E-state index is 10.6. The van der Waals surface area contributed by atoms with Crippen LogP contribution in [0.25, 0.3) is 0 Å². The van der Waals surface area contributed by atoms with Crippen LogP contribution in [0.2, 0.25) is 0 Å². The summed E-state index contributed by atoms with van der Waals surface area (Å²) in [4.78, 5) is 22.8. The summed E-state index contributed by atoms with van der Waals surface area (Å²) in [5.74, 6) is -0.0678. The third-order valence-corrected chi connectivity index (χ3v) is 1.11. The second-order valence-electron chi connectivity index (χ2n) is 2.00. The Hall–Kier alpha value is -1.65. The van der Waals surface area contributed by atoms with E-state index in [-0.39, 0.29) is 11.9 Å². The van der Waals surface area contributed by atoms with Crippen molar-refractivity contribution < 1.29 is 9.63 Å². The van der Waals surface area contributed by atoms with E-state index in [0.717, 1.165) is 0 Å². The molecule has 12 heavy (non-hydrogen) atoms. The van der Waals surface area contributed by atoms with Crippen molar-refractivity contribution in [2.24, 2.45) is 0 Å². The average Bonchev–Trinajstić information content (AvgIpc) is 2.16. The van der Waals surface area contributed by atoms with Crippen molar-refractivity contribution in [1.29, 1.82) is 0 Å². The summed E-state index contributed by atoms with van der Waals surface area (Å²) in [6.07, 6.45) is 3.42. The Morgan fingerprint density at radius 1 is 1.58 bits per heavy atom. The standard InChI is InChI=1S/C7H9N3O2/c1-2-6(11)12-10-7-8-4-3-5-9-7/h3-5H,2H2,1H3,(H,8,9,10). The van der Waals surface area contributed by atoms with Crippen LogP contribution < -0.4 is 5.48 Å². The molecule has 0 saturated heterocycles. The molecule has 0 amide bonds. The molecule has 64 valence electrons. The van der Waals surface area contributed by atoms with Crippen LogP contribution in [0.1, 0.15) is 13.3 Å².